The molecule has 0 aliphatic rings. The van der Waals surface area contributed by atoms with Crippen molar-refractivity contribution in [3.05, 3.63) is 69.1 Å². The van der Waals surface area contributed by atoms with Gasteiger partial charge in [-0.2, -0.15) is 8.75 Å². The molecule has 5 heterocycles. The van der Waals surface area contributed by atoms with Crippen LogP contribution in [0.25, 0.3) is 61.2 Å². The normalized spacial score (nSPS) is 14.0. The number of benzene rings is 2. The van der Waals surface area contributed by atoms with Gasteiger partial charge in [-0.1, -0.05) is 315 Å². The summed E-state index contributed by atoms with van der Waals surface area (Å²) in [4.78, 5) is 9.13. The Morgan fingerprint density at radius 1 is 0.368 bits per heavy atom. The molecule has 0 N–H and O–H groups in total. The molecule has 0 fully saturated rings. The maximum atomic E-state index is 5.11. The zero-order valence-electron chi connectivity index (χ0n) is 58.2. The summed E-state index contributed by atoms with van der Waals surface area (Å²) < 4.78 is 13.4. The van der Waals surface area contributed by atoms with Crippen molar-refractivity contribution in [2.75, 3.05) is 0 Å². The number of fused-ring (bicyclic) bond motifs is 3. The van der Waals surface area contributed by atoms with Gasteiger partial charge in [0.05, 0.1) is 11.7 Å². The second-order valence-corrected chi connectivity index (χ2v) is 34.1. The highest BCUT2D eigenvalue weighted by molar-refractivity contribution is 7.28. The summed E-state index contributed by atoms with van der Waals surface area (Å²) in [6.45, 7) is 33.6. The van der Waals surface area contributed by atoms with E-state index in [2.05, 4.69) is 179 Å². The van der Waals surface area contributed by atoms with Crippen LogP contribution < -0.4 is 0 Å². The Bertz CT molecular complexity index is 2990. The fraction of sp³-hybridized carbons (Fsp3) is 0.700. The molecule has 7 rings (SSSR count). The Balaban J connectivity index is 1.45. The predicted molar refractivity (Wildman–Crippen MR) is 400 cm³/mol. The summed E-state index contributed by atoms with van der Waals surface area (Å²) in [7, 11) is 0. The molecule has 5 aromatic heterocycles. The Morgan fingerprint density at radius 3 is 1.21 bits per heavy atom. The summed E-state index contributed by atoms with van der Waals surface area (Å²) in [6.07, 6.45) is 47.8. The van der Waals surface area contributed by atoms with Crippen molar-refractivity contribution in [1.29, 1.82) is 0 Å². The Morgan fingerprint density at radius 2 is 0.770 bits per heavy atom. The fourth-order valence-electron chi connectivity index (χ4n) is 14.2. The lowest BCUT2D eigenvalue weighted by molar-refractivity contribution is 0.402. The van der Waals surface area contributed by atoms with Crippen LogP contribution in [0.5, 0.6) is 0 Å². The van der Waals surface area contributed by atoms with Gasteiger partial charge in [-0.3, -0.25) is 0 Å². The van der Waals surface area contributed by atoms with Gasteiger partial charge in [-0.25, -0.2) is 0 Å². The lowest BCUT2D eigenvalue weighted by Crippen LogP contribution is -2.11. The van der Waals surface area contributed by atoms with E-state index in [1.807, 2.05) is 0 Å². The third kappa shape index (κ3) is 20.5. The molecular weight excluding hydrogens is 1150 g/mol. The second-order valence-electron chi connectivity index (χ2n) is 29.4. The zero-order valence-corrected chi connectivity index (χ0v) is 62.2. The standard InChI is InChI=1S/C80H124N2S5/c1-15-23-29-33-35-39-45-59(43-37-31-25-17-3)49-61-53-69(63-47-48-68(79(9,10)11)74-73(63)81-87-82-74)83-75(61)70-55-66-64(51-57(21-7)41-27-19-5)78-67(65(77(66)84-70)52-58(22-8)42-28-20-6)56-71(85-78)76-62(54-72(86-76)80(12,13)14)50-60(44-38-32-26-18-4)46-40-36-34-30-24-16-2/h47-48,53-60H,15-46,49-52H2,1-14H3. The van der Waals surface area contributed by atoms with Crippen LogP contribution in [-0.4, -0.2) is 8.75 Å². The highest BCUT2D eigenvalue weighted by Crippen LogP contribution is 2.53. The molecule has 0 aliphatic carbocycles. The van der Waals surface area contributed by atoms with Gasteiger partial charge in [-0.05, 0) is 123 Å². The lowest BCUT2D eigenvalue weighted by atomic mass is 9.85. The minimum absolute atomic E-state index is 0.00744. The smallest absolute Gasteiger partial charge is 0.113 e. The lowest BCUT2D eigenvalue weighted by Gasteiger charge is -2.20. The minimum Gasteiger partial charge on any atom is -0.173 e. The number of thiophene rings is 4. The van der Waals surface area contributed by atoms with E-state index < -0.39 is 0 Å². The topological polar surface area (TPSA) is 25.8 Å². The largest absolute Gasteiger partial charge is 0.173 e. The Labute approximate surface area is 554 Å². The quantitative estimate of drug-likeness (QED) is 0.0356. The number of hydrogen-bond acceptors (Lipinski definition) is 7. The van der Waals surface area contributed by atoms with Gasteiger partial charge in [0.25, 0.3) is 0 Å². The van der Waals surface area contributed by atoms with E-state index in [9.17, 15) is 0 Å². The number of hydrogen-bond donors (Lipinski definition) is 0. The van der Waals surface area contributed by atoms with E-state index in [0.29, 0.717) is 17.8 Å². The van der Waals surface area contributed by atoms with Crippen molar-refractivity contribution in [3.63, 3.8) is 0 Å². The molecule has 2 aromatic carbocycles. The van der Waals surface area contributed by atoms with Crippen molar-refractivity contribution < 1.29 is 0 Å². The molecule has 0 saturated heterocycles. The van der Waals surface area contributed by atoms with Gasteiger partial charge in [0, 0.05) is 44.2 Å². The first-order valence-electron chi connectivity index (χ1n) is 36.6. The Hall–Kier alpha value is -2.42. The molecule has 2 nitrogen and oxygen atoms in total. The molecular formula is C80H124N2S5. The van der Waals surface area contributed by atoms with E-state index in [1.165, 1.54) is 269 Å². The van der Waals surface area contributed by atoms with Crippen molar-refractivity contribution in [2.24, 2.45) is 23.7 Å². The van der Waals surface area contributed by atoms with Crippen LogP contribution in [0, 0.1) is 23.7 Å². The van der Waals surface area contributed by atoms with E-state index >= 15 is 0 Å². The van der Waals surface area contributed by atoms with Crippen molar-refractivity contribution in [1.82, 2.24) is 8.75 Å². The fourth-order valence-corrected chi connectivity index (χ4v) is 20.1. The van der Waals surface area contributed by atoms with E-state index in [4.69, 9.17) is 8.75 Å². The van der Waals surface area contributed by atoms with Crippen LogP contribution in [0.1, 0.15) is 335 Å². The van der Waals surface area contributed by atoms with Gasteiger partial charge in [0.15, 0.2) is 0 Å². The summed E-state index contributed by atoms with van der Waals surface area (Å²) >= 11 is 10.0. The highest BCUT2D eigenvalue weighted by atomic mass is 32.1. The second kappa shape index (κ2) is 36.7. The van der Waals surface area contributed by atoms with Gasteiger partial charge in [0.1, 0.15) is 11.0 Å². The van der Waals surface area contributed by atoms with Crippen LogP contribution in [0.15, 0.2) is 36.4 Å². The molecule has 0 radical (unpaired) electrons. The summed E-state index contributed by atoms with van der Waals surface area (Å²) in [6, 6.07) is 15.7. The predicted octanol–water partition coefficient (Wildman–Crippen LogP) is 29.1. The first kappa shape index (κ1) is 72.0. The molecule has 7 heteroatoms. The first-order valence-corrected chi connectivity index (χ1v) is 40.6. The van der Waals surface area contributed by atoms with Crippen LogP contribution in [0.3, 0.4) is 0 Å². The molecule has 0 aliphatic heterocycles. The molecule has 4 atom stereocenters. The zero-order chi connectivity index (χ0) is 62.3. The molecule has 7 aromatic rings. The van der Waals surface area contributed by atoms with Crippen LogP contribution in [0.2, 0.25) is 0 Å². The van der Waals surface area contributed by atoms with Crippen LogP contribution >= 0.6 is 57.1 Å². The van der Waals surface area contributed by atoms with Crippen LogP contribution in [0.4, 0.5) is 0 Å². The number of rotatable bonds is 43. The van der Waals surface area contributed by atoms with Crippen molar-refractivity contribution in [2.45, 2.75) is 339 Å². The van der Waals surface area contributed by atoms with Crippen LogP contribution in [-0.2, 0) is 36.5 Å². The Kier molecular flexibility index (Phi) is 30.4. The van der Waals surface area contributed by atoms with Gasteiger partial charge >= 0.3 is 0 Å². The van der Waals surface area contributed by atoms with Gasteiger partial charge in [0.2, 0.25) is 0 Å². The average Bonchev–Trinajstić information content (AvgIpc) is 1.62. The highest BCUT2D eigenvalue weighted by Gasteiger charge is 2.30. The van der Waals surface area contributed by atoms with E-state index in [-0.39, 0.29) is 10.8 Å². The van der Waals surface area contributed by atoms with Crippen molar-refractivity contribution >= 4 is 88.3 Å². The third-order valence-electron chi connectivity index (χ3n) is 19.9. The maximum Gasteiger partial charge on any atom is 0.113 e. The molecule has 0 saturated carbocycles. The molecule has 0 amide bonds. The molecule has 0 bridgehead atoms. The molecule has 484 valence electrons. The summed E-state index contributed by atoms with van der Waals surface area (Å²) in [5.74, 6) is 2.80. The minimum atomic E-state index is -0.00744. The molecule has 0 spiro atoms. The van der Waals surface area contributed by atoms with Gasteiger partial charge < -0.3 is 0 Å². The maximum absolute atomic E-state index is 5.11. The number of unbranched alkanes of at least 4 members (excludes halogenated alkanes) is 18. The third-order valence-corrected chi connectivity index (χ3v) is 26.0. The molecule has 87 heavy (non-hydrogen) atoms. The van der Waals surface area contributed by atoms with Crippen molar-refractivity contribution in [3.8, 4) is 29.9 Å². The first-order chi connectivity index (χ1) is 42.1. The molecule has 4 unspecified atom stereocenters. The average molecular weight is 1270 g/mol. The summed E-state index contributed by atoms with van der Waals surface area (Å²) in [5, 5.41) is 3.19. The van der Waals surface area contributed by atoms with E-state index in [0.717, 1.165) is 17.0 Å². The summed E-state index contributed by atoms with van der Waals surface area (Å²) in [5.41, 5.74) is 11.4. The number of nitrogens with zero attached hydrogens (tertiary/aromatic N) is 2. The SMILES string of the molecule is CCCCCCCCC(CCCCCC)Cc1cc(-c2ccc(C(C)(C)C)c3nsnc23)sc1-c1cc2c(CC(CC)CCCC)c3sc(-c4sc(C(C)(C)C)cc4CC(CCCCCC)CCCCCCCC)cc3c(CC(CC)CCCC)c2s1. The number of aromatic nitrogens is 2. The van der Waals surface area contributed by atoms with Gasteiger partial charge in [-0.15, -0.1) is 45.3 Å². The van der Waals surface area contributed by atoms with E-state index in [1.54, 1.807) is 57.1 Å². The monoisotopic (exact) mass is 1270 g/mol.